The van der Waals surface area contributed by atoms with Gasteiger partial charge in [0, 0.05) is 6.54 Å². The fourth-order valence-electron chi connectivity index (χ4n) is 3.16. The molecule has 0 saturated heterocycles. The Bertz CT molecular complexity index is 867. The number of nitrogens with one attached hydrogen (secondary N) is 1. The van der Waals surface area contributed by atoms with Crippen molar-refractivity contribution in [2.45, 2.75) is 59.2 Å². The van der Waals surface area contributed by atoms with Gasteiger partial charge < -0.3 is 19.9 Å². The molecule has 32 heavy (non-hydrogen) atoms. The molecular weight excluding hydrogens is 406 g/mol. The molecule has 2 aromatic carbocycles. The first-order chi connectivity index (χ1) is 15.0. The maximum Gasteiger partial charge on any atom is 0.320 e. The zero-order chi connectivity index (χ0) is 23.7. The van der Waals surface area contributed by atoms with E-state index in [-0.39, 0.29) is 31.4 Å². The maximum absolute atomic E-state index is 12.2. The number of carbonyl (C=O) groups excluding carboxylic acids is 2. The molecule has 0 amide bonds. The van der Waals surface area contributed by atoms with E-state index in [0.29, 0.717) is 17.2 Å². The van der Waals surface area contributed by atoms with E-state index in [2.05, 4.69) is 31.3 Å². The fraction of sp³-hybridized carbons (Fsp3) is 0.462. The van der Waals surface area contributed by atoms with Gasteiger partial charge in [-0.3, -0.25) is 9.59 Å². The minimum Gasteiger partial charge on any atom is -0.459 e. The van der Waals surface area contributed by atoms with Crippen LogP contribution in [0, 0.1) is 5.92 Å². The number of esters is 2. The van der Waals surface area contributed by atoms with Gasteiger partial charge in [-0.2, -0.15) is 0 Å². The van der Waals surface area contributed by atoms with E-state index in [0.717, 1.165) is 12.0 Å². The third-order valence-electron chi connectivity index (χ3n) is 4.54. The summed E-state index contributed by atoms with van der Waals surface area (Å²) < 4.78 is 10.6. The van der Waals surface area contributed by atoms with Crippen molar-refractivity contribution in [2.75, 3.05) is 13.1 Å². The van der Waals surface area contributed by atoms with Crippen LogP contribution in [-0.2, 0) is 27.2 Å². The molecule has 0 heterocycles. The summed E-state index contributed by atoms with van der Waals surface area (Å²) in [6, 6.07) is 14.7. The second-order valence-corrected chi connectivity index (χ2v) is 9.37. The van der Waals surface area contributed by atoms with Crippen molar-refractivity contribution in [1.29, 1.82) is 0 Å². The molecule has 0 fully saturated rings. The van der Waals surface area contributed by atoms with Crippen molar-refractivity contribution >= 4 is 11.9 Å². The van der Waals surface area contributed by atoms with Gasteiger partial charge in [-0.05, 0) is 61.9 Å². The van der Waals surface area contributed by atoms with Crippen molar-refractivity contribution in [3.8, 4) is 5.75 Å². The van der Waals surface area contributed by atoms with Gasteiger partial charge in [0.15, 0.2) is 0 Å². The first-order valence-corrected chi connectivity index (χ1v) is 11.0. The van der Waals surface area contributed by atoms with E-state index in [9.17, 15) is 14.7 Å². The summed E-state index contributed by atoms with van der Waals surface area (Å²) in [6.07, 6.45) is 0.409. The second kappa shape index (κ2) is 11.8. The van der Waals surface area contributed by atoms with E-state index in [1.54, 1.807) is 45.0 Å². The molecule has 0 spiro atoms. The molecular formula is C26H35NO5. The highest BCUT2D eigenvalue weighted by molar-refractivity contribution is 5.75. The van der Waals surface area contributed by atoms with Gasteiger partial charge in [-0.15, -0.1) is 0 Å². The SMILES string of the molecule is CC(C)Cc1ccc(CC(=O)Oc2ccc(C(O)CNCC(=O)OC(C)(C)C)cc2)cc1. The summed E-state index contributed by atoms with van der Waals surface area (Å²) in [6.45, 7) is 9.98. The number of ether oxygens (including phenoxy) is 2. The zero-order valence-electron chi connectivity index (χ0n) is 19.7. The highest BCUT2D eigenvalue weighted by Gasteiger charge is 2.16. The predicted molar refractivity (Wildman–Crippen MR) is 124 cm³/mol. The normalized spacial score (nSPS) is 12.5. The molecule has 1 unspecified atom stereocenters. The molecule has 2 N–H and O–H groups in total. The molecule has 6 heteroatoms. The van der Waals surface area contributed by atoms with Crippen LogP contribution in [0.4, 0.5) is 0 Å². The lowest BCUT2D eigenvalue weighted by atomic mass is 10.0. The number of carbonyl (C=O) groups is 2. The summed E-state index contributed by atoms with van der Waals surface area (Å²) in [5, 5.41) is 13.2. The van der Waals surface area contributed by atoms with Crippen molar-refractivity contribution < 1.29 is 24.2 Å². The smallest absolute Gasteiger partial charge is 0.320 e. The van der Waals surface area contributed by atoms with Crippen LogP contribution in [-0.4, -0.2) is 35.7 Å². The van der Waals surface area contributed by atoms with Gasteiger partial charge in [0.1, 0.15) is 11.4 Å². The average Bonchev–Trinajstić information content (AvgIpc) is 2.68. The summed E-state index contributed by atoms with van der Waals surface area (Å²) in [4.78, 5) is 23.9. The third kappa shape index (κ3) is 9.62. The summed E-state index contributed by atoms with van der Waals surface area (Å²) in [5.74, 6) is 0.299. The standard InChI is InChI=1S/C26H35NO5/c1-18(2)14-19-6-8-20(9-7-19)15-24(29)31-22-12-10-21(11-13-22)23(28)16-27-17-25(30)32-26(3,4)5/h6-13,18,23,27-28H,14-17H2,1-5H3. The second-order valence-electron chi connectivity index (χ2n) is 9.37. The van der Waals surface area contributed by atoms with E-state index in [1.807, 2.05) is 12.1 Å². The minimum absolute atomic E-state index is 0.0163. The third-order valence-corrected chi connectivity index (χ3v) is 4.54. The van der Waals surface area contributed by atoms with Crippen LogP contribution in [0.1, 0.15) is 57.4 Å². The molecule has 0 aliphatic heterocycles. The van der Waals surface area contributed by atoms with Crippen LogP contribution in [0.3, 0.4) is 0 Å². The van der Waals surface area contributed by atoms with E-state index in [1.165, 1.54) is 5.56 Å². The highest BCUT2D eigenvalue weighted by atomic mass is 16.6. The van der Waals surface area contributed by atoms with Gasteiger partial charge in [-0.1, -0.05) is 50.2 Å². The molecule has 0 aliphatic rings. The van der Waals surface area contributed by atoms with Crippen LogP contribution >= 0.6 is 0 Å². The Hall–Kier alpha value is -2.70. The number of hydrogen-bond acceptors (Lipinski definition) is 6. The van der Waals surface area contributed by atoms with Crippen LogP contribution in [0.5, 0.6) is 5.75 Å². The Morgan fingerprint density at radius 3 is 2.09 bits per heavy atom. The van der Waals surface area contributed by atoms with E-state index >= 15 is 0 Å². The van der Waals surface area contributed by atoms with Crippen LogP contribution < -0.4 is 10.1 Å². The Morgan fingerprint density at radius 1 is 0.938 bits per heavy atom. The molecule has 0 aliphatic carbocycles. The molecule has 2 aromatic rings. The summed E-state index contributed by atoms with van der Waals surface area (Å²) in [5.41, 5.74) is 2.28. The lowest BCUT2D eigenvalue weighted by molar-refractivity contribution is -0.153. The van der Waals surface area contributed by atoms with Gasteiger partial charge in [0.2, 0.25) is 0 Å². The Kier molecular flexibility index (Phi) is 9.42. The lowest BCUT2D eigenvalue weighted by Gasteiger charge is -2.20. The Morgan fingerprint density at radius 2 is 1.53 bits per heavy atom. The van der Waals surface area contributed by atoms with Crippen molar-refractivity contribution in [3.63, 3.8) is 0 Å². The molecule has 0 saturated carbocycles. The Balaban J connectivity index is 1.79. The molecule has 0 bridgehead atoms. The van der Waals surface area contributed by atoms with Crippen molar-refractivity contribution in [2.24, 2.45) is 5.92 Å². The molecule has 1 atom stereocenters. The number of aliphatic hydroxyl groups excluding tert-OH is 1. The molecule has 6 nitrogen and oxygen atoms in total. The zero-order valence-corrected chi connectivity index (χ0v) is 19.7. The number of hydrogen-bond donors (Lipinski definition) is 2. The van der Waals surface area contributed by atoms with Gasteiger partial charge in [0.05, 0.1) is 19.1 Å². The predicted octanol–water partition coefficient (Wildman–Crippen LogP) is 4.00. The lowest BCUT2D eigenvalue weighted by Crippen LogP contribution is -2.33. The van der Waals surface area contributed by atoms with Gasteiger partial charge >= 0.3 is 11.9 Å². The molecule has 0 radical (unpaired) electrons. The van der Waals surface area contributed by atoms with Gasteiger partial charge in [-0.25, -0.2) is 0 Å². The Labute approximate surface area is 190 Å². The minimum atomic E-state index is -0.799. The summed E-state index contributed by atoms with van der Waals surface area (Å²) in [7, 11) is 0. The van der Waals surface area contributed by atoms with Crippen molar-refractivity contribution in [3.05, 3.63) is 65.2 Å². The highest BCUT2D eigenvalue weighted by Crippen LogP contribution is 2.18. The van der Waals surface area contributed by atoms with Crippen LogP contribution in [0.15, 0.2) is 48.5 Å². The number of benzene rings is 2. The topological polar surface area (TPSA) is 84.9 Å². The average molecular weight is 442 g/mol. The van der Waals surface area contributed by atoms with E-state index < -0.39 is 11.7 Å². The largest absolute Gasteiger partial charge is 0.459 e. The van der Waals surface area contributed by atoms with Crippen LogP contribution in [0.2, 0.25) is 0 Å². The van der Waals surface area contributed by atoms with Crippen LogP contribution in [0.25, 0.3) is 0 Å². The quantitative estimate of drug-likeness (QED) is 0.428. The number of rotatable bonds is 10. The fourth-order valence-corrected chi connectivity index (χ4v) is 3.16. The maximum atomic E-state index is 12.2. The van der Waals surface area contributed by atoms with Gasteiger partial charge in [0.25, 0.3) is 0 Å². The first kappa shape index (κ1) is 25.6. The molecule has 0 aromatic heterocycles. The molecule has 174 valence electrons. The summed E-state index contributed by atoms with van der Waals surface area (Å²) >= 11 is 0. The monoisotopic (exact) mass is 441 g/mol. The van der Waals surface area contributed by atoms with Crippen molar-refractivity contribution in [1.82, 2.24) is 5.32 Å². The number of aliphatic hydroxyl groups is 1. The first-order valence-electron chi connectivity index (χ1n) is 11.0. The van der Waals surface area contributed by atoms with E-state index in [4.69, 9.17) is 9.47 Å². The molecule has 2 rings (SSSR count).